The second kappa shape index (κ2) is 9.45. The molecule has 9 nitrogen and oxygen atoms in total. The van der Waals surface area contributed by atoms with Gasteiger partial charge in [0.2, 0.25) is 5.75 Å². The molecule has 0 saturated carbocycles. The Hall–Kier alpha value is -4.41. The maximum Gasteiger partial charge on any atom is 0.332 e. The van der Waals surface area contributed by atoms with E-state index in [1.54, 1.807) is 6.07 Å². The van der Waals surface area contributed by atoms with Crippen molar-refractivity contribution in [2.45, 2.75) is 6.42 Å². The van der Waals surface area contributed by atoms with Gasteiger partial charge in [0.05, 0.1) is 13.2 Å². The third-order valence-corrected chi connectivity index (χ3v) is 5.52. The Morgan fingerprint density at radius 2 is 1.91 bits per heavy atom. The van der Waals surface area contributed by atoms with E-state index in [1.807, 2.05) is 0 Å². The SMILES string of the molecule is O=C(Nc1ccc(Oc2ccnc3c2OCCCN3)c(F)c1)N1CCN(c2ccc(F)cc2)C1=O. The predicted molar refractivity (Wildman–Crippen MR) is 124 cm³/mol. The molecule has 2 aliphatic heterocycles. The number of aromatic nitrogens is 1. The largest absolute Gasteiger partial charge is 0.486 e. The van der Waals surface area contributed by atoms with Crippen LogP contribution in [0.2, 0.25) is 0 Å². The van der Waals surface area contributed by atoms with Crippen molar-refractivity contribution in [3.05, 3.63) is 66.4 Å². The predicted octanol–water partition coefficient (Wildman–Crippen LogP) is 4.82. The summed E-state index contributed by atoms with van der Waals surface area (Å²) in [6.45, 7) is 1.57. The molecule has 0 spiro atoms. The van der Waals surface area contributed by atoms with Gasteiger partial charge in [0, 0.05) is 42.8 Å². The molecule has 2 aromatic carbocycles. The summed E-state index contributed by atoms with van der Waals surface area (Å²) in [7, 11) is 0. The molecule has 2 aliphatic rings. The Labute approximate surface area is 199 Å². The van der Waals surface area contributed by atoms with Crippen molar-refractivity contribution in [2.24, 2.45) is 0 Å². The van der Waals surface area contributed by atoms with Crippen molar-refractivity contribution in [3.63, 3.8) is 0 Å². The van der Waals surface area contributed by atoms with Crippen LogP contribution in [0.3, 0.4) is 0 Å². The molecule has 180 valence electrons. The molecule has 2 N–H and O–H groups in total. The maximum atomic E-state index is 14.8. The van der Waals surface area contributed by atoms with Gasteiger partial charge >= 0.3 is 12.1 Å². The summed E-state index contributed by atoms with van der Waals surface area (Å²) in [6.07, 6.45) is 2.32. The number of carbonyl (C=O) groups is 2. The molecule has 11 heteroatoms. The van der Waals surface area contributed by atoms with Gasteiger partial charge < -0.3 is 20.1 Å². The molecule has 1 saturated heterocycles. The number of fused-ring (bicyclic) bond motifs is 1. The van der Waals surface area contributed by atoms with Gasteiger partial charge in [-0.05, 0) is 42.8 Å². The average molecular weight is 481 g/mol. The quantitative estimate of drug-likeness (QED) is 0.555. The van der Waals surface area contributed by atoms with Crippen LogP contribution in [0.4, 0.5) is 35.6 Å². The molecule has 0 bridgehead atoms. The van der Waals surface area contributed by atoms with Gasteiger partial charge in [-0.2, -0.15) is 0 Å². The first-order valence-electron chi connectivity index (χ1n) is 11.0. The summed E-state index contributed by atoms with van der Waals surface area (Å²) in [5, 5.41) is 5.66. The van der Waals surface area contributed by atoms with Crippen LogP contribution in [0.5, 0.6) is 17.2 Å². The van der Waals surface area contributed by atoms with Gasteiger partial charge in [-0.3, -0.25) is 4.90 Å². The molecule has 5 rings (SSSR count). The maximum absolute atomic E-state index is 14.8. The number of hydrogen-bond donors (Lipinski definition) is 2. The second-order valence-electron chi connectivity index (χ2n) is 7.86. The summed E-state index contributed by atoms with van der Waals surface area (Å²) in [5.41, 5.74) is 0.631. The van der Waals surface area contributed by atoms with E-state index in [9.17, 15) is 18.4 Å². The van der Waals surface area contributed by atoms with Gasteiger partial charge in [0.25, 0.3) is 0 Å². The summed E-state index contributed by atoms with van der Waals surface area (Å²) in [6, 6.07) is 9.67. The third-order valence-electron chi connectivity index (χ3n) is 5.52. The first-order valence-corrected chi connectivity index (χ1v) is 11.0. The summed E-state index contributed by atoms with van der Waals surface area (Å²) >= 11 is 0. The number of anilines is 3. The Morgan fingerprint density at radius 3 is 2.71 bits per heavy atom. The van der Waals surface area contributed by atoms with Gasteiger partial charge in [-0.15, -0.1) is 0 Å². The van der Waals surface area contributed by atoms with Crippen molar-refractivity contribution in [3.8, 4) is 17.2 Å². The second-order valence-corrected chi connectivity index (χ2v) is 7.86. The Morgan fingerprint density at radius 1 is 1.09 bits per heavy atom. The molecular weight excluding hydrogens is 460 g/mol. The number of halogens is 2. The zero-order valence-corrected chi connectivity index (χ0v) is 18.5. The Bertz CT molecular complexity index is 1270. The van der Waals surface area contributed by atoms with E-state index in [-0.39, 0.29) is 24.5 Å². The average Bonchev–Trinajstić information content (AvgIpc) is 3.07. The minimum atomic E-state index is -0.712. The van der Waals surface area contributed by atoms with Gasteiger partial charge in [0.1, 0.15) is 5.82 Å². The van der Waals surface area contributed by atoms with Crippen LogP contribution in [0, 0.1) is 11.6 Å². The zero-order valence-electron chi connectivity index (χ0n) is 18.5. The molecular formula is C24H21F2N5O4. The van der Waals surface area contributed by atoms with Crippen LogP contribution in [0.25, 0.3) is 0 Å². The first-order chi connectivity index (χ1) is 17.0. The van der Waals surface area contributed by atoms with Crippen LogP contribution in [-0.2, 0) is 0 Å². The highest BCUT2D eigenvalue weighted by molar-refractivity contribution is 6.08. The highest BCUT2D eigenvalue weighted by Gasteiger charge is 2.34. The van der Waals surface area contributed by atoms with Crippen molar-refractivity contribution in [2.75, 3.05) is 41.8 Å². The monoisotopic (exact) mass is 481 g/mol. The first kappa shape index (κ1) is 22.4. The van der Waals surface area contributed by atoms with Crippen LogP contribution >= 0.6 is 0 Å². The van der Waals surface area contributed by atoms with E-state index in [0.717, 1.165) is 17.4 Å². The number of benzene rings is 2. The number of urea groups is 2. The van der Waals surface area contributed by atoms with Crippen LogP contribution in [-0.4, -0.2) is 48.2 Å². The fourth-order valence-electron chi connectivity index (χ4n) is 3.79. The molecule has 1 fully saturated rings. The van der Waals surface area contributed by atoms with E-state index in [4.69, 9.17) is 9.47 Å². The van der Waals surface area contributed by atoms with Crippen LogP contribution < -0.4 is 25.0 Å². The van der Waals surface area contributed by atoms with E-state index in [2.05, 4.69) is 15.6 Å². The molecule has 35 heavy (non-hydrogen) atoms. The minimum Gasteiger partial charge on any atom is -0.486 e. The van der Waals surface area contributed by atoms with E-state index < -0.39 is 23.7 Å². The van der Waals surface area contributed by atoms with Crippen molar-refractivity contribution in [1.82, 2.24) is 9.88 Å². The number of carbonyl (C=O) groups excluding carboxylic acids is 2. The molecule has 0 unspecified atom stereocenters. The molecule has 0 aliphatic carbocycles. The van der Waals surface area contributed by atoms with Gasteiger partial charge in [-0.1, -0.05) is 0 Å². The molecule has 3 aromatic rings. The number of rotatable bonds is 4. The molecule has 0 atom stereocenters. The Kier molecular flexibility index (Phi) is 6.04. The highest BCUT2D eigenvalue weighted by atomic mass is 19.1. The van der Waals surface area contributed by atoms with Crippen LogP contribution in [0.15, 0.2) is 54.7 Å². The number of pyridine rings is 1. The summed E-state index contributed by atoms with van der Waals surface area (Å²) in [4.78, 5) is 31.9. The molecule has 0 radical (unpaired) electrons. The summed E-state index contributed by atoms with van der Waals surface area (Å²) in [5.74, 6) is 0.0329. The zero-order chi connectivity index (χ0) is 24.4. The lowest BCUT2D eigenvalue weighted by molar-refractivity contribution is 0.209. The van der Waals surface area contributed by atoms with Gasteiger partial charge in [0.15, 0.2) is 23.1 Å². The van der Waals surface area contributed by atoms with Crippen molar-refractivity contribution < 1.29 is 27.8 Å². The third kappa shape index (κ3) is 4.65. The number of hydrogen-bond acceptors (Lipinski definition) is 6. The number of imide groups is 1. The van der Waals surface area contributed by atoms with E-state index in [1.165, 1.54) is 47.5 Å². The number of nitrogens with zero attached hydrogens (tertiary/aromatic N) is 3. The van der Waals surface area contributed by atoms with E-state index in [0.29, 0.717) is 36.2 Å². The molecule has 3 heterocycles. The lowest BCUT2D eigenvalue weighted by Crippen LogP contribution is -2.39. The molecule has 1 aromatic heterocycles. The van der Waals surface area contributed by atoms with Gasteiger partial charge in [-0.25, -0.2) is 28.3 Å². The standard InChI is InChI=1S/C24H21F2N5O4/c25-15-2-5-17(6-3-15)30-11-12-31(24(30)33)23(32)29-16-4-7-19(18(26)14-16)35-20-8-10-28-22-21(20)34-13-1-9-27-22/h2-8,10,14H,1,9,11-13H2,(H,27,28)(H,29,32). The molecule has 4 amide bonds. The van der Waals surface area contributed by atoms with E-state index >= 15 is 0 Å². The normalized spacial score (nSPS) is 15.1. The number of amides is 4. The smallest absolute Gasteiger partial charge is 0.332 e. The lowest BCUT2D eigenvalue weighted by Gasteiger charge is -2.18. The van der Waals surface area contributed by atoms with Crippen molar-refractivity contribution >= 4 is 29.3 Å². The topological polar surface area (TPSA) is 96.0 Å². The fraction of sp³-hybridized carbons (Fsp3) is 0.208. The van der Waals surface area contributed by atoms with Crippen molar-refractivity contribution in [1.29, 1.82) is 0 Å². The number of ether oxygens (including phenoxy) is 2. The van der Waals surface area contributed by atoms with Crippen LogP contribution in [0.1, 0.15) is 6.42 Å². The summed E-state index contributed by atoms with van der Waals surface area (Å²) < 4.78 is 39.4. The highest BCUT2D eigenvalue weighted by Crippen LogP contribution is 2.38. The number of nitrogens with one attached hydrogen (secondary N) is 2. The fourth-order valence-corrected chi connectivity index (χ4v) is 3.79. The lowest BCUT2D eigenvalue weighted by atomic mass is 10.3. The Balaban J connectivity index is 1.26. The minimum absolute atomic E-state index is 0.0658.